The number of likely N-dealkylation sites (tertiary alicyclic amines) is 1. The SMILES string of the molecule is COCCN1C(=O)C(=O)/C(=C(/O)c2cc(C)ccc2OC)C1c1ccc(C(C)(C)C)cc1. The number of amides is 1. The Morgan fingerprint density at radius 2 is 1.72 bits per heavy atom. The molecule has 1 heterocycles. The van der Waals surface area contributed by atoms with Crippen LogP contribution in [0.2, 0.25) is 0 Å². The third-order valence-corrected chi connectivity index (χ3v) is 5.78. The first kappa shape index (κ1) is 23.5. The van der Waals surface area contributed by atoms with Crippen molar-refractivity contribution in [3.05, 3.63) is 70.3 Å². The molecule has 6 heteroatoms. The summed E-state index contributed by atoms with van der Waals surface area (Å²) in [6, 6.07) is 12.4. The molecule has 6 nitrogen and oxygen atoms in total. The Hall–Kier alpha value is -3.12. The molecular weight excluding hydrogens is 406 g/mol. The number of carbonyl (C=O) groups excluding carboxylic acids is 2. The Kier molecular flexibility index (Phi) is 6.74. The van der Waals surface area contributed by atoms with Gasteiger partial charge in [0.25, 0.3) is 11.7 Å². The summed E-state index contributed by atoms with van der Waals surface area (Å²) in [5, 5.41) is 11.3. The van der Waals surface area contributed by atoms with Crippen LogP contribution < -0.4 is 4.74 Å². The van der Waals surface area contributed by atoms with Gasteiger partial charge in [0, 0.05) is 13.7 Å². The monoisotopic (exact) mass is 437 g/mol. The van der Waals surface area contributed by atoms with Crippen LogP contribution in [0.1, 0.15) is 49.1 Å². The molecule has 3 rings (SSSR count). The van der Waals surface area contributed by atoms with Crippen molar-refractivity contribution in [2.45, 2.75) is 39.2 Å². The molecule has 2 aromatic rings. The van der Waals surface area contributed by atoms with E-state index in [1.165, 1.54) is 12.0 Å². The summed E-state index contributed by atoms with van der Waals surface area (Å²) < 4.78 is 10.6. The summed E-state index contributed by atoms with van der Waals surface area (Å²) in [4.78, 5) is 27.5. The molecule has 1 unspecified atom stereocenters. The minimum Gasteiger partial charge on any atom is -0.507 e. The van der Waals surface area contributed by atoms with Crippen LogP contribution >= 0.6 is 0 Å². The third-order valence-electron chi connectivity index (χ3n) is 5.78. The van der Waals surface area contributed by atoms with Gasteiger partial charge in [-0.3, -0.25) is 9.59 Å². The van der Waals surface area contributed by atoms with Gasteiger partial charge in [-0.1, -0.05) is 56.7 Å². The molecule has 1 N–H and O–H groups in total. The van der Waals surface area contributed by atoms with E-state index >= 15 is 0 Å². The molecule has 0 saturated carbocycles. The average molecular weight is 438 g/mol. The highest BCUT2D eigenvalue weighted by Gasteiger charge is 2.46. The zero-order valence-corrected chi connectivity index (χ0v) is 19.6. The van der Waals surface area contributed by atoms with Crippen molar-refractivity contribution in [1.82, 2.24) is 4.90 Å². The van der Waals surface area contributed by atoms with Crippen LogP contribution in [-0.4, -0.2) is 49.1 Å². The van der Waals surface area contributed by atoms with E-state index in [1.807, 2.05) is 37.3 Å². The number of aliphatic hydroxyl groups excluding tert-OH is 1. The summed E-state index contributed by atoms with van der Waals surface area (Å²) in [7, 11) is 3.04. The molecule has 1 amide bonds. The van der Waals surface area contributed by atoms with E-state index in [9.17, 15) is 14.7 Å². The first-order chi connectivity index (χ1) is 15.1. The lowest BCUT2D eigenvalue weighted by atomic mass is 9.85. The maximum absolute atomic E-state index is 13.1. The van der Waals surface area contributed by atoms with Gasteiger partial charge in [0.05, 0.1) is 30.9 Å². The molecule has 0 aromatic heterocycles. The second-order valence-corrected chi connectivity index (χ2v) is 9.06. The van der Waals surface area contributed by atoms with Gasteiger partial charge in [0.1, 0.15) is 11.5 Å². The van der Waals surface area contributed by atoms with Crippen molar-refractivity contribution in [2.75, 3.05) is 27.4 Å². The predicted molar refractivity (Wildman–Crippen MR) is 124 cm³/mol. The number of carbonyl (C=O) groups is 2. The molecule has 1 fully saturated rings. The number of benzene rings is 2. The highest BCUT2D eigenvalue weighted by molar-refractivity contribution is 6.46. The van der Waals surface area contributed by atoms with Gasteiger partial charge < -0.3 is 19.5 Å². The Morgan fingerprint density at radius 3 is 2.28 bits per heavy atom. The molecule has 32 heavy (non-hydrogen) atoms. The molecule has 2 aromatic carbocycles. The maximum atomic E-state index is 13.1. The average Bonchev–Trinajstić information content (AvgIpc) is 3.01. The number of Topliss-reactive ketones (excluding diaryl/α,β-unsaturated/α-hetero) is 1. The lowest BCUT2D eigenvalue weighted by Crippen LogP contribution is -2.32. The number of rotatable bonds is 6. The van der Waals surface area contributed by atoms with E-state index in [-0.39, 0.29) is 29.9 Å². The smallest absolute Gasteiger partial charge is 0.295 e. The van der Waals surface area contributed by atoms with E-state index in [1.54, 1.807) is 19.2 Å². The zero-order valence-electron chi connectivity index (χ0n) is 19.6. The number of ether oxygens (including phenoxy) is 2. The predicted octanol–water partition coefficient (Wildman–Crippen LogP) is 4.37. The van der Waals surface area contributed by atoms with Crippen molar-refractivity contribution in [3.63, 3.8) is 0 Å². The van der Waals surface area contributed by atoms with Crippen LogP contribution in [0.5, 0.6) is 5.75 Å². The van der Waals surface area contributed by atoms with Gasteiger partial charge >= 0.3 is 0 Å². The minimum absolute atomic E-state index is 0.0364. The molecule has 1 atom stereocenters. The van der Waals surface area contributed by atoms with Gasteiger partial charge in [-0.05, 0) is 35.6 Å². The summed E-state index contributed by atoms with van der Waals surface area (Å²) in [6.45, 7) is 8.76. The van der Waals surface area contributed by atoms with Crippen molar-refractivity contribution < 1.29 is 24.2 Å². The van der Waals surface area contributed by atoms with E-state index < -0.39 is 17.7 Å². The van der Waals surface area contributed by atoms with Crippen LogP contribution in [0.3, 0.4) is 0 Å². The first-order valence-corrected chi connectivity index (χ1v) is 10.6. The lowest BCUT2D eigenvalue weighted by Gasteiger charge is -2.26. The quantitative estimate of drug-likeness (QED) is 0.413. The van der Waals surface area contributed by atoms with Crippen molar-refractivity contribution in [1.29, 1.82) is 0 Å². The normalized spacial score (nSPS) is 18.3. The van der Waals surface area contributed by atoms with Crippen molar-refractivity contribution in [3.8, 4) is 5.75 Å². The lowest BCUT2D eigenvalue weighted by molar-refractivity contribution is -0.140. The number of aryl methyl sites for hydroxylation is 1. The van der Waals surface area contributed by atoms with Crippen molar-refractivity contribution >= 4 is 17.4 Å². The second-order valence-electron chi connectivity index (χ2n) is 9.06. The molecule has 0 bridgehead atoms. The number of methoxy groups -OCH3 is 2. The van der Waals surface area contributed by atoms with Gasteiger partial charge in [0.15, 0.2) is 0 Å². The van der Waals surface area contributed by atoms with Gasteiger partial charge in [-0.15, -0.1) is 0 Å². The summed E-state index contributed by atoms with van der Waals surface area (Å²) in [5.41, 5.74) is 3.18. The largest absolute Gasteiger partial charge is 0.507 e. The van der Waals surface area contributed by atoms with Crippen LogP contribution in [-0.2, 0) is 19.7 Å². The summed E-state index contributed by atoms with van der Waals surface area (Å²) in [5.74, 6) is -1.18. The molecule has 0 spiro atoms. The van der Waals surface area contributed by atoms with Crippen LogP contribution in [0.25, 0.3) is 5.76 Å². The Balaban J connectivity index is 2.20. The van der Waals surface area contributed by atoms with Crippen LogP contribution in [0, 0.1) is 6.92 Å². The first-order valence-electron chi connectivity index (χ1n) is 10.6. The van der Waals surface area contributed by atoms with E-state index in [2.05, 4.69) is 20.8 Å². The molecule has 170 valence electrons. The maximum Gasteiger partial charge on any atom is 0.295 e. The third kappa shape index (κ3) is 4.41. The molecule has 1 saturated heterocycles. The van der Waals surface area contributed by atoms with Crippen LogP contribution in [0.15, 0.2) is 48.0 Å². The van der Waals surface area contributed by atoms with Gasteiger partial charge in [-0.25, -0.2) is 0 Å². The van der Waals surface area contributed by atoms with Crippen molar-refractivity contribution in [2.24, 2.45) is 0 Å². The summed E-state index contributed by atoms with van der Waals surface area (Å²) >= 11 is 0. The van der Waals surface area contributed by atoms with Gasteiger partial charge in [0.2, 0.25) is 0 Å². The fraction of sp³-hybridized carbons (Fsp3) is 0.385. The Morgan fingerprint density at radius 1 is 1.06 bits per heavy atom. The number of hydrogen-bond acceptors (Lipinski definition) is 5. The fourth-order valence-corrected chi connectivity index (χ4v) is 3.96. The number of hydrogen-bond donors (Lipinski definition) is 1. The number of nitrogens with zero attached hydrogens (tertiary/aromatic N) is 1. The topological polar surface area (TPSA) is 76.1 Å². The fourth-order valence-electron chi connectivity index (χ4n) is 3.96. The number of aliphatic hydroxyl groups is 1. The Labute approximate surface area is 189 Å². The minimum atomic E-state index is -0.718. The highest BCUT2D eigenvalue weighted by atomic mass is 16.5. The molecule has 0 radical (unpaired) electrons. The summed E-state index contributed by atoms with van der Waals surface area (Å²) in [6.07, 6.45) is 0. The molecule has 1 aliphatic rings. The van der Waals surface area contributed by atoms with E-state index in [0.717, 1.165) is 16.7 Å². The van der Waals surface area contributed by atoms with Gasteiger partial charge in [-0.2, -0.15) is 0 Å². The molecule has 1 aliphatic heterocycles. The molecular formula is C26H31NO5. The number of ketones is 1. The standard InChI is InChI=1S/C26H31NO5/c1-16-7-12-20(32-6)19(15-16)23(28)21-22(27(13-14-31-5)25(30)24(21)29)17-8-10-18(11-9-17)26(2,3)4/h7-12,15,22,28H,13-14H2,1-6H3/b23-21+. The Bertz CT molecular complexity index is 1050. The zero-order chi connectivity index (χ0) is 23.6. The van der Waals surface area contributed by atoms with E-state index in [0.29, 0.717) is 11.3 Å². The second kappa shape index (κ2) is 9.17. The highest BCUT2D eigenvalue weighted by Crippen LogP contribution is 2.41. The molecule has 0 aliphatic carbocycles. The van der Waals surface area contributed by atoms with Crippen LogP contribution in [0.4, 0.5) is 0 Å². The van der Waals surface area contributed by atoms with E-state index in [4.69, 9.17) is 9.47 Å².